The summed E-state index contributed by atoms with van der Waals surface area (Å²) in [7, 11) is 0. The average Bonchev–Trinajstić information content (AvgIpc) is 2.92. The van der Waals surface area contributed by atoms with Crippen molar-refractivity contribution in [3.63, 3.8) is 0 Å². The molecule has 0 bridgehead atoms. The second-order valence-corrected chi connectivity index (χ2v) is 11.1. The molecule has 1 aliphatic heterocycles. The van der Waals surface area contributed by atoms with E-state index in [1.807, 2.05) is 0 Å². The first kappa shape index (κ1) is 33.6. The fraction of sp³-hybridized carbons (Fsp3) is 0.379. The number of hydrogen-bond donors (Lipinski definition) is 1. The highest BCUT2D eigenvalue weighted by atomic mass is 79.9. The molecular formula is C29H26BrF9N3O2+. The number of anilines is 1. The van der Waals surface area contributed by atoms with Gasteiger partial charge in [0.25, 0.3) is 0 Å². The van der Waals surface area contributed by atoms with Gasteiger partial charge in [0.15, 0.2) is 11.5 Å². The van der Waals surface area contributed by atoms with Crippen molar-refractivity contribution in [3.05, 3.63) is 86.5 Å². The van der Waals surface area contributed by atoms with Gasteiger partial charge < -0.3 is 4.74 Å². The quantitative estimate of drug-likeness (QED) is 0.206. The third-order valence-corrected chi connectivity index (χ3v) is 7.80. The Morgan fingerprint density at radius 2 is 1.55 bits per heavy atom. The number of ether oxygens (including phenoxy) is 1. The van der Waals surface area contributed by atoms with Gasteiger partial charge in [-0.25, -0.2) is 10.4 Å². The normalized spacial score (nSPS) is 19.0. The van der Waals surface area contributed by atoms with Crippen molar-refractivity contribution in [2.75, 3.05) is 12.0 Å². The molecule has 5 nitrogen and oxygen atoms in total. The van der Waals surface area contributed by atoms with Gasteiger partial charge in [-0.3, -0.25) is 0 Å². The van der Waals surface area contributed by atoms with Crippen LogP contribution >= 0.6 is 15.9 Å². The van der Waals surface area contributed by atoms with Gasteiger partial charge in [-0.1, -0.05) is 11.5 Å². The van der Waals surface area contributed by atoms with Gasteiger partial charge in [0.2, 0.25) is 0 Å². The molecule has 0 aliphatic carbocycles. The maximum Gasteiger partial charge on any atom is 0.546 e. The van der Waals surface area contributed by atoms with Gasteiger partial charge in [-0.15, -0.1) is 0 Å². The fourth-order valence-corrected chi connectivity index (χ4v) is 5.77. The number of alkyl halides is 9. The molecule has 44 heavy (non-hydrogen) atoms. The summed E-state index contributed by atoms with van der Waals surface area (Å²) in [6, 6.07) is 5.01. The van der Waals surface area contributed by atoms with Crippen LogP contribution in [0.25, 0.3) is 0 Å². The van der Waals surface area contributed by atoms with Gasteiger partial charge in [0.05, 0.1) is 23.3 Å². The number of carbonyl (C=O) groups is 1. The second-order valence-electron chi connectivity index (χ2n) is 10.2. The number of halogens is 10. The molecule has 1 unspecified atom stereocenters. The number of fused-ring (bicyclic) bond motifs is 1. The molecule has 238 valence electrons. The molecule has 15 heteroatoms. The van der Waals surface area contributed by atoms with E-state index in [4.69, 9.17) is 4.74 Å². The van der Waals surface area contributed by atoms with Crippen LogP contribution in [0, 0.1) is 0 Å². The fourth-order valence-electron chi connectivity index (χ4n) is 5.39. The Balaban J connectivity index is 1.89. The van der Waals surface area contributed by atoms with Crippen LogP contribution < -0.4 is 10.0 Å². The zero-order valence-corrected chi connectivity index (χ0v) is 24.8. The molecule has 0 spiro atoms. The summed E-state index contributed by atoms with van der Waals surface area (Å²) >= 11 is 3.22. The first-order chi connectivity index (χ1) is 20.4. The van der Waals surface area contributed by atoms with E-state index in [0.717, 1.165) is 12.1 Å². The standard InChI is InChI=1S/C29H26BrF9N3O2/c1-3-23-7-5-17-12-19(27(31,32)33)6-8-24(17)42(23,26(43)44-4-2)41-25-18(13-22(30)15-40-25)9-16-10-20(28(34,35)36)14-21(11-16)29(37,38)39/h6,8,10-15,23H,3-5,7,9H2,1-2H3,(H,40,41)/q+1/t23-,42?/m1/s1. The third-order valence-electron chi connectivity index (χ3n) is 7.37. The first-order valence-electron chi connectivity index (χ1n) is 13.4. The first-order valence-corrected chi connectivity index (χ1v) is 14.2. The van der Waals surface area contributed by atoms with E-state index < -0.39 is 58.4 Å². The predicted octanol–water partition coefficient (Wildman–Crippen LogP) is 9.71. The Morgan fingerprint density at radius 3 is 2.09 bits per heavy atom. The number of hydrogen-bond acceptors (Lipinski definition) is 4. The van der Waals surface area contributed by atoms with Crippen LogP contribution in [0.4, 0.5) is 55.8 Å². The zero-order chi connectivity index (χ0) is 32.7. The number of amides is 1. The summed E-state index contributed by atoms with van der Waals surface area (Å²) in [6.45, 7) is 3.23. The molecule has 4 rings (SSSR count). The van der Waals surface area contributed by atoms with E-state index in [9.17, 15) is 44.3 Å². The molecule has 1 N–H and O–H groups in total. The molecule has 0 saturated carbocycles. The van der Waals surface area contributed by atoms with E-state index in [1.165, 1.54) is 18.3 Å². The number of nitrogens with one attached hydrogen (secondary N) is 1. The van der Waals surface area contributed by atoms with E-state index in [-0.39, 0.29) is 53.7 Å². The van der Waals surface area contributed by atoms with Crippen molar-refractivity contribution < 1.29 is 49.0 Å². The molecule has 3 aromatic rings. The maximum absolute atomic E-state index is 13.8. The van der Waals surface area contributed by atoms with Gasteiger partial charge in [-0.2, -0.15) is 44.3 Å². The largest absolute Gasteiger partial charge is 0.546 e. The molecule has 0 saturated heterocycles. The maximum atomic E-state index is 13.8. The Hall–Kier alpha value is -3.33. The van der Waals surface area contributed by atoms with Crippen LogP contribution in [-0.4, -0.2) is 23.7 Å². The molecule has 0 fully saturated rings. The van der Waals surface area contributed by atoms with Crippen LogP contribution in [0.15, 0.2) is 53.1 Å². The lowest BCUT2D eigenvalue weighted by Gasteiger charge is -2.43. The van der Waals surface area contributed by atoms with Gasteiger partial charge in [0.1, 0.15) is 6.04 Å². The number of pyridine rings is 1. The topological polar surface area (TPSA) is 51.2 Å². The van der Waals surface area contributed by atoms with Crippen molar-refractivity contribution in [2.24, 2.45) is 0 Å². The minimum Gasteiger partial charge on any atom is -0.418 e. The molecule has 2 aromatic carbocycles. The Kier molecular flexibility index (Phi) is 9.32. The molecular weight excluding hydrogens is 673 g/mol. The van der Waals surface area contributed by atoms with Crippen molar-refractivity contribution >= 4 is 33.5 Å². The van der Waals surface area contributed by atoms with Crippen LogP contribution in [0.3, 0.4) is 0 Å². The van der Waals surface area contributed by atoms with E-state index >= 15 is 0 Å². The van der Waals surface area contributed by atoms with Crippen molar-refractivity contribution in [2.45, 2.75) is 64.1 Å². The number of aromatic nitrogens is 1. The SMILES string of the molecule is CCOC(=O)[N+]1(Nc2ncc(Br)cc2Cc2cc(C(F)(F)F)cc(C(F)(F)F)c2)c2ccc(C(F)(F)F)cc2CC[C@H]1CC. The number of nitrogens with zero attached hydrogens (tertiary/aromatic N) is 2. The van der Waals surface area contributed by atoms with Crippen molar-refractivity contribution in [3.8, 4) is 0 Å². The lowest BCUT2D eigenvalue weighted by Crippen LogP contribution is -2.66. The second kappa shape index (κ2) is 12.2. The van der Waals surface area contributed by atoms with Crippen LogP contribution in [0.2, 0.25) is 0 Å². The third kappa shape index (κ3) is 6.82. The van der Waals surface area contributed by atoms with Gasteiger partial charge in [0, 0.05) is 40.7 Å². The Bertz CT molecular complexity index is 1510. The predicted molar refractivity (Wildman–Crippen MR) is 147 cm³/mol. The highest BCUT2D eigenvalue weighted by molar-refractivity contribution is 9.10. The van der Waals surface area contributed by atoms with Gasteiger partial charge in [-0.05, 0) is 77.7 Å². The highest BCUT2D eigenvalue weighted by Gasteiger charge is 2.53. The average molecular weight is 699 g/mol. The molecule has 1 amide bonds. The smallest absolute Gasteiger partial charge is 0.418 e. The summed E-state index contributed by atoms with van der Waals surface area (Å²) in [5.41, 5.74) is -0.745. The summed E-state index contributed by atoms with van der Waals surface area (Å²) < 4.78 is 127. The summed E-state index contributed by atoms with van der Waals surface area (Å²) in [6.07, 6.45) is -14.0. The lowest BCUT2D eigenvalue weighted by atomic mass is 9.92. The lowest BCUT2D eigenvalue weighted by molar-refractivity contribution is -0.143. The van der Waals surface area contributed by atoms with Crippen molar-refractivity contribution in [1.29, 1.82) is 0 Å². The number of aryl methyl sites for hydroxylation is 1. The molecule has 2 heterocycles. The molecule has 1 aliphatic rings. The van der Waals surface area contributed by atoms with E-state index in [2.05, 4.69) is 26.3 Å². The van der Waals surface area contributed by atoms with Crippen molar-refractivity contribution in [1.82, 2.24) is 9.58 Å². The van der Waals surface area contributed by atoms with Gasteiger partial charge >= 0.3 is 24.6 Å². The summed E-state index contributed by atoms with van der Waals surface area (Å²) in [5.74, 6) is -0.0848. The summed E-state index contributed by atoms with van der Waals surface area (Å²) in [4.78, 5) is 18.1. The number of benzene rings is 2. The molecule has 0 radical (unpaired) electrons. The van der Waals surface area contributed by atoms with E-state index in [1.54, 1.807) is 13.8 Å². The highest BCUT2D eigenvalue weighted by Crippen LogP contribution is 2.43. The minimum atomic E-state index is -5.06. The summed E-state index contributed by atoms with van der Waals surface area (Å²) in [5, 5.41) is 0. The van der Waals surface area contributed by atoms with Crippen LogP contribution in [0.5, 0.6) is 0 Å². The minimum absolute atomic E-state index is 0.0223. The Labute approximate surface area is 254 Å². The van der Waals surface area contributed by atoms with Crippen LogP contribution in [0.1, 0.15) is 60.1 Å². The molecule has 2 atom stereocenters. The van der Waals surface area contributed by atoms with E-state index in [0.29, 0.717) is 23.0 Å². The van der Waals surface area contributed by atoms with Crippen LogP contribution in [-0.2, 0) is 36.1 Å². The number of quaternary nitrogens is 1. The number of rotatable bonds is 6. The molecule has 1 aromatic heterocycles. The Morgan fingerprint density at radius 1 is 0.932 bits per heavy atom. The zero-order valence-electron chi connectivity index (χ0n) is 23.2. The monoisotopic (exact) mass is 698 g/mol. The number of carbonyl (C=O) groups excluding carboxylic acids is 1.